The molecule has 0 radical (unpaired) electrons. The molecule has 0 bridgehead atoms. The average Bonchev–Trinajstić information content (AvgIpc) is 2.52. The Morgan fingerprint density at radius 3 is 2.52 bits per heavy atom. The van der Waals surface area contributed by atoms with Crippen LogP contribution in [0.1, 0.15) is 46.1 Å². The highest BCUT2D eigenvalue weighted by Gasteiger charge is 2.26. The number of hydrogen-bond acceptors (Lipinski definition) is 4. The molecule has 0 N–H and O–H groups in total. The van der Waals surface area contributed by atoms with Crippen molar-refractivity contribution in [3.63, 3.8) is 0 Å². The van der Waals surface area contributed by atoms with Gasteiger partial charge in [0, 0.05) is 30.4 Å². The molecule has 0 amide bonds. The fraction of sp³-hybridized carbons (Fsp3) is 0.611. The Morgan fingerprint density at radius 1 is 1.30 bits per heavy atom. The Bertz CT molecular complexity index is 546. The predicted molar refractivity (Wildman–Crippen MR) is 99.1 cm³/mol. The first-order valence-corrected chi connectivity index (χ1v) is 9.31. The van der Waals surface area contributed by atoms with Crippen molar-refractivity contribution in [3.05, 3.63) is 23.8 Å². The van der Waals surface area contributed by atoms with Crippen LogP contribution in [-0.2, 0) is 11.4 Å². The molecule has 23 heavy (non-hydrogen) atoms. The van der Waals surface area contributed by atoms with Gasteiger partial charge < -0.3 is 14.2 Å². The summed E-state index contributed by atoms with van der Waals surface area (Å²) in [7, 11) is 1.68. The molecule has 4 nitrogen and oxygen atoms in total. The van der Waals surface area contributed by atoms with Crippen LogP contribution < -0.4 is 9.64 Å². The highest BCUT2D eigenvalue weighted by atomic mass is 32.2. The van der Waals surface area contributed by atoms with E-state index in [4.69, 9.17) is 4.74 Å². The highest BCUT2D eigenvalue weighted by molar-refractivity contribution is 7.91. The number of piperidine rings is 1. The molecule has 1 unspecified atom stereocenters. The monoisotopic (exact) mass is 336 g/mol. The standard InChI is InChI=1S/C18H28N2O2S/c1-14-8-10-20(11-9-14)17-12-16(22-5)7-6-15(17)13-19-23(21)18(2,3)4/h6-7,12-14H,8-11H2,1-5H3. The molecule has 1 fully saturated rings. The molecular weight excluding hydrogens is 308 g/mol. The number of ether oxygens (including phenoxy) is 1. The van der Waals surface area contributed by atoms with E-state index in [-0.39, 0.29) is 4.75 Å². The lowest BCUT2D eigenvalue weighted by atomic mass is 9.98. The number of rotatable bonds is 4. The van der Waals surface area contributed by atoms with Gasteiger partial charge in [0.25, 0.3) is 0 Å². The van der Waals surface area contributed by atoms with E-state index in [1.807, 2.05) is 32.9 Å². The minimum absolute atomic E-state index is 0.344. The number of benzene rings is 1. The largest absolute Gasteiger partial charge is 0.591 e. The fourth-order valence-electron chi connectivity index (χ4n) is 2.55. The molecule has 5 heteroatoms. The van der Waals surface area contributed by atoms with Crippen LogP contribution in [0.15, 0.2) is 22.6 Å². The van der Waals surface area contributed by atoms with Crippen molar-refractivity contribution in [2.75, 3.05) is 25.1 Å². The van der Waals surface area contributed by atoms with Crippen LogP contribution in [0.4, 0.5) is 5.69 Å². The van der Waals surface area contributed by atoms with Crippen molar-refractivity contribution in [2.24, 2.45) is 10.3 Å². The molecule has 0 aromatic heterocycles. The lowest BCUT2D eigenvalue weighted by Gasteiger charge is -2.33. The SMILES string of the molecule is COc1ccc(C=N[S+]([O-])C(C)(C)C)c(N2CCC(C)CC2)c1. The molecule has 0 spiro atoms. The van der Waals surface area contributed by atoms with Gasteiger partial charge in [-0.3, -0.25) is 0 Å². The zero-order valence-electron chi connectivity index (χ0n) is 14.8. The summed E-state index contributed by atoms with van der Waals surface area (Å²) < 4.78 is 21.5. The van der Waals surface area contributed by atoms with E-state index < -0.39 is 11.4 Å². The van der Waals surface area contributed by atoms with Crippen molar-refractivity contribution >= 4 is 23.3 Å². The summed E-state index contributed by atoms with van der Waals surface area (Å²) in [5.74, 6) is 1.62. The summed E-state index contributed by atoms with van der Waals surface area (Å²) in [4.78, 5) is 2.38. The zero-order chi connectivity index (χ0) is 17.0. The van der Waals surface area contributed by atoms with Gasteiger partial charge in [-0.2, -0.15) is 0 Å². The van der Waals surface area contributed by atoms with Crippen LogP contribution in [0.5, 0.6) is 5.75 Å². The first-order chi connectivity index (χ1) is 10.8. The van der Waals surface area contributed by atoms with Gasteiger partial charge >= 0.3 is 0 Å². The Labute approximate surface area is 143 Å². The number of hydrogen-bond donors (Lipinski definition) is 0. The van der Waals surface area contributed by atoms with Gasteiger partial charge in [0.1, 0.15) is 21.9 Å². The first kappa shape index (κ1) is 18.1. The zero-order valence-corrected chi connectivity index (χ0v) is 15.7. The van der Waals surface area contributed by atoms with E-state index in [2.05, 4.69) is 22.3 Å². The lowest BCUT2D eigenvalue weighted by Crippen LogP contribution is -2.33. The predicted octanol–water partition coefficient (Wildman–Crippen LogP) is 3.81. The van der Waals surface area contributed by atoms with Crippen LogP contribution in [0, 0.1) is 5.92 Å². The van der Waals surface area contributed by atoms with Crippen molar-refractivity contribution in [1.82, 2.24) is 0 Å². The van der Waals surface area contributed by atoms with Crippen molar-refractivity contribution in [1.29, 1.82) is 0 Å². The molecule has 1 heterocycles. The van der Waals surface area contributed by atoms with Crippen LogP contribution in [0.2, 0.25) is 0 Å². The van der Waals surface area contributed by atoms with E-state index in [9.17, 15) is 4.55 Å². The minimum Gasteiger partial charge on any atom is -0.591 e. The fourth-order valence-corrected chi connectivity index (χ4v) is 3.07. The van der Waals surface area contributed by atoms with Crippen molar-refractivity contribution in [2.45, 2.75) is 45.3 Å². The Balaban J connectivity index is 2.26. The third kappa shape index (κ3) is 4.88. The molecule has 1 saturated heterocycles. The maximum atomic E-state index is 12.2. The topological polar surface area (TPSA) is 47.9 Å². The van der Waals surface area contributed by atoms with Crippen molar-refractivity contribution in [3.8, 4) is 5.75 Å². The van der Waals surface area contributed by atoms with E-state index in [1.165, 1.54) is 12.8 Å². The van der Waals surface area contributed by atoms with Crippen LogP contribution in [0.25, 0.3) is 0 Å². The minimum atomic E-state index is -1.24. The summed E-state index contributed by atoms with van der Waals surface area (Å²) in [6, 6.07) is 5.98. The van der Waals surface area contributed by atoms with Gasteiger partial charge in [0.2, 0.25) is 0 Å². The third-order valence-corrected chi connectivity index (χ3v) is 5.52. The summed E-state index contributed by atoms with van der Waals surface area (Å²) in [6.45, 7) is 10.2. The number of nitrogens with zero attached hydrogens (tertiary/aromatic N) is 2. The Kier molecular flexibility index (Phi) is 5.98. The third-order valence-electron chi connectivity index (χ3n) is 4.17. The van der Waals surface area contributed by atoms with Crippen LogP contribution in [-0.4, -0.2) is 35.7 Å². The average molecular weight is 337 g/mol. The molecule has 1 aromatic rings. The molecule has 0 saturated carbocycles. The van der Waals surface area contributed by atoms with Gasteiger partial charge in [-0.05, 0) is 51.7 Å². The van der Waals surface area contributed by atoms with Gasteiger partial charge in [-0.15, -0.1) is 0 Å². The quantitative estimate of drug-likeness (QED) is 0.620. The van der Waals surface area contributed by atoms with E-state index in [0.29, 0.717) is 0 Å². The lowest BCUT2D eigenvalue weighted by molar-refractivity contribution is 0.413. The normalized spacial score (nSPS) is 18.4. The summed E-state index contributed by atoms with van der Waals surface area (Å²) >= 11 is -1.24. The molecule has 128 valence electrons. The molecule has 1 atom stereocenters. The van der Waals surface area contributed by atoms with Crippen LogP contribution >= 0.6 is 0 Å². The molecule has 2 rings (SSSR count). The maximum Gasteiger partial charge on any atom is 0.144 e. The van der Waals surface area contributed by atoms with Gasteiger partial charge in [0.15, 0.2) is 0 Å². The molecule has 1 aliphatic heterocycles. The molecule has 1 aromatic carbocycles. The second kappa shape index (κ2) is 7.58. The number of anilines is 1. The molecule has 0 aliphatic carbocycles. The first-order valence-electron chi connectivity index (χ1n) is 8.20. The summed E-state index contributed by atoms with van der Waals surface area (Å²) in [6.07, 6.45) is 4.14. The van der Waals surface area contributed by atoms with Gasteiger partial charge in [0.05, 0.1) is 13.3 Å². The van der Waals surface area contributed by atoms with E-state index in [1.54, 1.807) is 13.3 Å². The van der Waals surface area contributed by atoms with Gasteiger partial charge in [-0.1, -0.05) is 11.3 Å². The van der Waals surface area contributed by atoms with Crippen molar-refractivity contribution < 1.29 is 9.29 Å². The maximum absolute atomic E-state index is 12.2. The van der Waals surface area contributed by atoms with Gasteiger partial charge in [-0.25, -0.2) is 0 Å². The van der Waals surface area contributed by atoms with E-state index in [0.717, 1.165) is 36.0 Å². The highest BCUT2D eigenvalue weighted by Crippen LogP contribution is 2.29. The van der Waals surface area contributed by atoms with E-state index >= 15 is 0 Å². The number of methoxy groups -OCH3 is 1. The van der Waals surface area contributed by atoms with Crippen LogP contribution in [0.3, 0.4) is 0 Å². The summed E-state index contributed by atoms with van der Waals surface area (Å²) in [5, 5.41) is 0. The Hall–Kier alpha value is -1.20. The Morgan fingerprint density at radius 2 is 1.96 bits per heavy atom. The molecule has 1 aliphatic rings. The molecular formula is C18H28N2O2S. The second-order valence-electron chi connectivity index (χ2n) is 7.19. The second-order valence-corrected chi connectivity index (χ2v) is 9.12. The smallest absolute Gasteiger partial charge is 0.144 e. The summed E-state index contributed by atoms with van der Waals surface area (Å²) in [5.41, 5.74) is 2.11.